The van der Waals surface area contributed by atoms with Crippen LogP contribution in [0.4, 0.5) is 5.69 Å². The van der Waals surface area contributed by atoms with Crippen molar-refractivity contribution in [1.29, 1.82) is 0 Å². The minimum Gasteiger partial charge on any atom is -0.329 e. The molecule has 0 fully saturated rings. The van der Waals surface area contributed by atoms with Crippen LogP contribution in [0.2, 0.25) is 0 Å². The Morgan fingerprint density at radius 1 is 1.53 bits per heavy atom. The van der Waals surface area contributed by atoms with Crippen LogP contribution in [0.25, 0.3) is 10.2 Å². The highest BCUT2D eigenvalue weighted by molar-refractivity contribution is 7.18. The molecule has 0 aliphatic carbocycles. The Hall–Kier alpha value is -1.46. The van der Waals surface area contributed by atoms with Gasteiger partial charge in [-0.25, -0.2) is 4.98 Å². The van der Waals surface area contributed by atoms with E-state index in [-0.39, 0.29) is 5.91 Å². The fraction of sp³-hybridized carbons (Fsp3) is 0.429. The molecule has 1 aromatic heterocycles. The minimum atomic E-state index is -0.515. The third-order valence-corrected chi connectivity index (χ3v) is 4.47. The second kappa shape index (κ2) is 5.27. The lowest BCUT2D eigenvalue weighted by Gasteiger charge is -2.24. The van der Waals surface area contributed by atoms with Crippen molar-refractivity contribution in [2.24, 2.45) is 11.1 Å². The number of nitrogens with two attached hydrogens (primary N) is 1. The first-order chi connectivity index (χ1) is 8.98. The number of aryl methyl sites for hydroxylation is 1. The van der Waals surface area contributed by atoms with E-state index in [2.05, 4.69) is 10.3 Å². The minimum absolute atomic E-state index is 0.0295. The molecule has 0 aliphatic rings. The maximum absolute atomic E-state index is 12.2. The molecular weight excluding hydrogens is 258 g/mol. The van der Waals surface area contributed by atoms with E-state index in [0.717, 1.165) is 27.3 Å². The summed E-state index contributed by atoms with van der Waals surface area (Å²) in [5.74, 6) is -0.0295. The molecule has 0 aliphatic heterocycles. The van der Waals surface area contributed by atoms with Crippen LogP contribution in [0.5, 0.6) is 0 Å². The zero-order valence-electron chi connectivity index (χ0n) is 11.5. The third-order valence-electron chi connectivity index (χ3n) is 3.53. The quantitative estimate of drug-likeness (QED) is 0.903. The van der Waals surface area contributed by atoms with E-state index in [1.165, 1.54) is 0 Å². The Balaban J connectivity index is 2.23. The van der Waals surface area contributed by atoms with E-state index in [4.69, 9.17) is 5.73 Å². The van der Waals surface area contributed by atoms with Crippen LogP contribution in [-0.2, 0) is 4.79 Å². The van der Waals surface area contributed by atoms with Gasteiger partial charge in [-0.1, -0.05) is 6.92 Å². The molecule has 0 saturated carbocycles. The molecule has 1 amide bonds. The lowest BCUT2D eigenvalue weighted by molar-refractivity contribution is -0.124. The number of hydrogen-bond acceptors (Lipinski definition) is 4. The summed E-state index contributed by atoms with van der Waals surface area (Å²) in [4.78, 5) is 16.6. The second-order valence-electron chi connectivity index (χ2n) is 4.99. The fourth-order valence-corrected chi connectivity index (χ4v) is 2.66. The zero-order valence-corrected chi connectivity index (χ0v) is 12.3. The van der Waals surface area contributed by atoms with Gasteiger partial charge < -0.3 is 11.1 Å². The molecule has 0 saturated heterocycles. The summed E-state index contributed by atoms with van der Waals surface area (Å²) in [6.45, 7) is 6.18. The molecule has 2 aromatic rings. The Kier molecular flexibility index (Phi) is 3.87. The average molecular weight is 277 g/mol. The summed E-state index contributed by atoms with van der Waals surface area (Å²) in [6.07, 6.45) is 0.719. The summed E-state index contributed by atoms with van der Waals surface area (Å²) >= 11 is 1.63. The van der Waals surface area contributed by atoms with E-state index >= 15 is 0 Å². The average Bonchev–Trinajstić information content (AvgIpc) is 2.77. The van der Waals surface area contributed by atoms with E-state index in [1.807, 2.05) is 39.0 Å². The number of rotatable bonds is 4. The molecule has 2 rings (SSSR count). The molecule has 0 bridgehead atoms. The molecule has 5 heteroatoms. The number of benzene rings is 1. The molecule has 102 valence electrons. The molecule has 0 spiro atoms. The number of thiazole rings is 1. The van der Waals surface area contributed by atoms with Gasteiger partial charge in [-0.3, -0.25) is 4.79 Å². The molecule has 19 heavy (non-hydrogen) atoms. The van der Waals surface area contributed by atoms with Crippen molar-refractivity contribution in [2.45, 2.75) is 27.2 Å². The highest BCUT2D eigenvalue weighted by atomic mass is 32.1. The molecule has 0 radical (unpaired) electrons. The standard InChI is InChI=1S/C14H19N3OS/c1-4-14(3,8-15)13(18)17-10-5-6-11-12(7-10)19-9(2)16-11/h5-7H,4,8,15H2,1-3H3,(H,17,18). The van der Waals surface area contributed by atoms with Gasteiger partial charge in [-0.15, -0.1) is 11.3 Å². The highest BCUT2D eigenvalue weighted by Gasteiger charge is 2.29. The lowest BCUT2D eigenvalue weighted by atomic mass is 9.86. The Morgan fingerprint density at radius 2 is 2.26 bits per heavy atom. The summed E-state index contributed by atoms with van der Waals surface area (Å²) in [6, 6.07) is 5.77. The van der Waals surface area contributed by atoms with Gasteiger partial charge in [0.2, 0.25) is 5.91 Å². The van der Waals surface area contributed by atoms with Crippen LogP contribution in [-0.4, -0.2) is 17.4 Å². The number of carbonyl (C=O) groups is 1. The molecule has 3 N–H and O–H groups in total. The largest absolute Gasteiger partial charge is 0.329 e. The number of carbonyl (C=O) groups excluding carboxylic acids is 1. The van der Waals surface area contributed by atoms with E-state index < -0.39 is 5.41 Å². The van der Waals surface area contributed by atoms with Crippen molar-refractivity contribution in [3.8, 4) is 0 Å². The Labute approximate surface area is 117 Å². The van der Waals surface area contributed by atoms with Crippen LogP contribution in [0.3, 0.4) is 0 Å². The number of nitrogens with one attached hydrogen (secondary N) is 1. The predicted molar refractivity (Wildman–Crippen MR) is 80.4 cm³/mol. The van der Waals surface area contributed by atoms with Gasteiger partial charge >= 0.3 is 0 Å². The van der Waals surface area contributed by atoms with Crippen molar-refractivity contribution in [2.75, 3.05) is 11.9 Å². The van der Waals surface area contributed by atoms with Crippen molar-refractivity contribution < 1.29 is 4.79 Å². The van der Waals surface area contributed by atoms with Crippen LogP contribution in [0, 0.1) is 12.3 Å². The van der Waals surface area contributed by atoms with Crippen LogP contribution >= 0.6 is 11.3 Å². The smallest absolute Gasteiger partial charge is 0.231 e. The molecule has 4 nitrogen and oxygen atoms in total. The van der Waals surface area contributed by atoms with Gasteiger partial charge in [0.25, 0.3) is 0 Å². The second-order valence-corrected chi connectivity index (χ2v) is 6.22. The summed E-state index contributed by atoms with van der Waals surface area (Å²) in [7, 11) is 0. The Bertz CT molecular complexity index is 602. The van der Waals surface area contributed by atoms with Gasteiger partial charge in [0, 0.05) is 12.2 Å². The number of aromatic nitrogens is 1. The van der Waals surface area contributed by atoms with Crippen molar-refractivity contribution in [1.82, 2.24) is 4.98 Å². The van der Waals surface area contributed by atoms with Crippen LogP contribution in [0.1, 0.15) is 25.3 Å². The van der Waals surface area contributed by atoms with Crippen molar-refractivity contribution in [3.63, 3.8) is 0 Å². The molecular formula is C14H19N3OS. The normalized spacial score (nSPS) is 14.3. The highest BCUT2D eigenvalue weighted by Crippen LogP contribution is 2.27. The van der Waals surface area contributed by atoms with Crippen LogP contribution in [0.15, 0.2) is 18.2 Å². The SMILES string of the molecule is CCC(C)(CN)C(=O)Nc1ccc2nc(C)sc2c1. The van der Waals surface area contributed by atoms with E-state index in [0.29, 0.717) is 6.54 Å². The lowest BCUT2D eigenvalue weighted by Crippen LogP contribution is -2.39. The topological polar surface area (TPSA) is 68.0 Å². The maximum Gasteiger partial charge on any atom is 0.231 e. The first-order valence-electron chi connectivity index (χ1n) is 6.37. The number of amides is 1. The number of fused-ring (bicyclic) bond motifs is 1. The van der Waals surface area contributed by atoms with E-state index in [9.17, 15) is 4.79 Å². The fourth-order valence-electron chi connectivity index (χ4n) is 1.80. The van der Waals surface area contributed by atoms with Crippen molar-refractivity contribution in [3.05, 3.63) is 23.2 Å². The van der Waals surface area contributed by atoms with E-state index in [1.54, 1.807) is 11.3 Å². The van der Waals surface area contributed by atoms with Crippen LogP contribution < -0.4 is 11.1 Å². The first kappa shape index (κ1) is 14.0. The van der Waals surface area contributed by atoms with Gasteiger partial charge in [-0.05, 0) is 38.5 Å². The molecule has 1 aromatic carbocycles. The number of nitrogens with zero attached hydrogens (tertiary/aromatic N) is 1. The zero-order chi connectivity index (χ0) is 14.0. The summed E-state index contributed by atoms with van der Waals surface area (Å²) < 4.78 is 1.08. The van der Waals surface area contributed by atoms with Gasteiger partial charge in [0.1, 0.15) is 0 Å². The predicted octanol–water partition coefficient (Wildman–Crippen LogP) is 2.92. The molecule has 1 atom stereocenters. The number of hydrogen-bond donors (Lipinski definition) is 2. The third kappa shape index (κ3) is 2.77. The summed E-state index contributed by atoms with van der Waals surface area (Å²) in [5, 5.41) is 3.97. The maximum atomic E-state index is 12.2. The van der Waals surface area contributed by atoms with Gasteiger partial charge in [0.05, 0.1) is 20.6 Å². The van der Waals surface area contributed by atoms with Gasteiger partial charge in [0.15, 0.2) is 0 Å². The monoisotopic (exact) mass is 277 g/mol. The summed E-state index contributed by atoms with van der Waals surface area (Å²) in [5.41, 5.74) is 6.95. The molecule has 1 unspecified atom stereocenters. The van der Waals surface area contributed by atoms with Gasteiger partial charge in [-0.2, -0.15) is 0 Å². The molecule has 1 heterocycles. The first-order valence-corrected chi connectivity index (χ1v) is 7.19. The number of anilines is 1. The van der Waals surface area contributed by atoms with Crippen molar-refractivity contribution >= 4 is 33.1 Å². The Morgan fingerprint density at radius 3 is 2.89 bits per heavy atom.